The highest BCUT2D eigenvalue weighted by molar-refractivity contribution is 9.13. The van der Waals surface area contributed by atoms with Gasteiger partial charge in [0, 0.05) is 19.8 Å². The third kappa shape index (κ3) is 8.12. The first-order valence-corrected chi connectivity index (χ1v) is 10.3. The van der Waals surface area contributed by atoms with Gasteiger partial charge in [-0.05, 0) is 63.3 Å². The Kier molecular flexibility index (Phi) is 10.9. The van der Waals surface area contributed by atoms with E-state index in [-0.39, 0.29) is 11.9 Å². The Balaban J connectivity index is 2.20. The van der Waals surface area contributed by atoms with Gasteiger partial charge in [0.1, 0.15) is 0 Å². The smallest absolute Gasteiger partial charge is 0.339 e. The quantitative estimate of drug-likeness (QED) is 0.211. The summed E-state index contributed by atoms with van der Waals surface area (Å²) < 4.78 is 12.6. The van der Waals surface area contributed by atoms with Gasteiger partial charge in [0.2, 0.25) is 0 Å². The van der Waals surface area contributed by atoms with Crippen molar-refractivity contribution in [3.8, 4) is 0 Å². The van der Waals surface area contributed by atoms with Gasteiger partial charge in [-0.25, -0.2) is 4.79 Å². The van der Waals surface area contributed by atoms with Crippen LogP contribution in [0.4, 0.5) is 0 Å². The fourth-order valence-corrected chi connectivity index (χ4v) is 3.58. The Morgan fingerprint density at radius 2 is 1.67 bits per heavy atom. The number of hydrogen-bond acceptors (Lipinski definition) is 4. The highest BCUT2D eigenvalue weighted by Gasteiger charge is 2.15. The molecule has 4 nitrogen and oxygen atoms in total. The summed E-state index contributed by atoms with van der Waals surface area (Å²) in [5.41, 5.74) is 0.481. The second kappa shape index (κ2) is 12.0. The predicted octanol–water partition coefficient (Wildman–Crippen LogP) is 6.03. The molecule has 134 valence electrons. The lowest BCUT2D eigenvalue weighted by molar-refractivity contribution is -0.143. The van der Waals surface area contributed by atoms with Crippen molar-refractivity contribution in [1.82, 2.24) is 0 Å². The fourth-order valence-electron chi connectivity index (χ4n) is 1.96. The summed E-state index contributed by atoms with van der Waals surface area (Å²) in [6.07, 6.45) is 4.73. The molecule has 7 heteroatoms. The van der Waals surface area contributed by atoms with E-state index in [9.17, 15) is 9.59 Å². The maximum Gasteiger partial charge on any atom is 0.339 e. The molecule has 0 saturated heterocycles. The molecular formula is C17H21Br3O4. The molecule has 0 aliphatic rings. The minimum atomic E-state index is -0.355. The normalized spacial score (nSPS) is 10.5. The Morgan fingerprint density at radius 1 is 0.958 bits per heavy atom. The molecule has 0 N–H and O–H groups in total. The fraction of sp³-hybridized carbons (Fsp3) is 0.529. The van der Waals surface area contributed by atoms with Crippen molar-refractivity contribution in [2.75, 3.05) is 13.2 Å². The molecule has 0 aromatic heterocycles. The zero-order chi connectivity index (χ0) is 17.9. The lowest BCUT2D eigenvalue weighted by Crippen LogP contribution is -2.08. The van der Waals surface area contributed by atoms with Crippen LogP contribution < -0.4 is 0 Å². The van der Waals surface area contributed by atoms with Gasteiger partial charge in [-0.1, -0.05) is 35.7 Å². The van der Waals surface area contributed by atoms with Crippen LogP contribution in [0.1, 0.15) is 55.8 Å². The predicted molar refractivity (Wildman–Crippen MR) is 104 cm³/mol. The van der Waals surface area contributed by atoms with E-state index in [2.05, 4.69) is 47.8 Å². The average molecular weight is 529 g/mol. The topological polar surface area (TPSA) is 52.6 Å². The van der Waals surface area contributed by atoms with E-state index in [1.165, 1.54) is 0 Å². The minimum absolute atomic E-state index is 0.131. The Labute approximate surface area is 168 Å². The van der Waals surface area contributed by atoms with Crippen LogP contribution in [0.3, 0.4) is 0 Å². The molecule has 0 saturated carbocycles. The first-order valence-electron chi connectivity index (χ1n) is 7.93. The summed E-state index contributed by atoms with van der Waals surface area (Å²) >= 11 is 10.1. The number of benzene rings is 1. The van der Waals surface area contributed by atoms with Crippen molar-refractivity contribution in [3.05, 3.63) is 31.1 Å². The summed E-state index contributed by atoms with van der Waals surface area (Å²) in [5.74, 6) is -0.486. The number of carbonyl (C=O) groups is 2. The van der Waals surface area contributed by atoms with Crippen LogP contribution in [0.25, 0.3) is 0 Å². The second-order valence-electron chi connectivity index (χ2n) is 5.27. The Bertz CT molecular complexity index is 561. The van der Waals surface area contributed by atoms with E-state index >= 15 is 0 Å². The molecule has 0 heterocycles. The van der Waals surface area contributed by atoms with Crippen molar-refractivity contribution in [1.29, 1.82) is 0 Å². The van der Waals surface area contributed by atoms with Crippen molar-refractivity contribution < 1.29 is 19.1 Å². The summed E-state index contributed by atoms with van der Waals surface area (Å²) in [7, 11) is 0. The summed E-state index contributed by atoms with van der Waals surface area (Å²) in [6.45, 7) is 2.84. The third-order valence-corrected chi connectivity index (χ3v) is 5.66. The second-order valence-corrected chi connectivity index (χ2v) is 7.83. The SMILES string of the molecule is CCCOC(=O)CCCCCCOC(=O)c1cc(Br)cc(Br)c1Br. The standard InChI is InChI=1S/C17H21Br3O4/c1-2-8-23-15(21)7-5-3-4-6-9-24-17(22)13-10-12(18)11-14(19)16(13)20/h10-11H,2-9H2,1H3. The average Bonchev–Trinajstić information content (AvgIpc) is 2.55. The van der Waals surface area contributed by atoms with E-state index in [4.69, 9.17) is 9.47 Å². The number of hydrogen-bond donors (Lipinski definition) is 0. The van der Waals surface area contributed by atoms with E-state index in [0.29, 0.717) is 29.7 Å². The maximum atomic E-state index is 12.1. The minimum Gasteiger partial charge on any atom is -0.466 e. The van der Waals surface area contributed by atoms with Gasteiger partial charge in [-0.2, -0.15) is 0 Å². The van der Waals surface area contributed by atoms with Crippen LogP contribution in [0.15, 0.2) is 25.6 Å². The lowest BCUT2D eigenvalue weighted by atomic mass is 10.1. The van der Waals surface area contributed by atoms with E-state index < -0.39 is 0 Å². The van der Waals surface area contributed by atoms with Gasteiger partial charge in [0.15, 0.2) is 0 Å². The summed E-state index contributed by atoms with van der Waals surface area (Å²) in [6, 6.07) is 3.57. The Morgan fingerprint density at radius 3 is 2.38 bits per heavy atom. The Hall–Kier alpha value is -0.400. The molecule has 1 aromatic rings. The molecule has 0 unspecified atom stereocenters. The molecule has 0 radical (unpaired) electrons. The molecule has 1 rings (SSSR count). The molecule has 0 aliphatic carbocycles. The van der Waals surface area contributed by atoms with Gasteiger partial charge < -0.3 is 9.47 Å². The molecule has 0 amide bonds. The number of unbranched alkanes of at least 4 members (excludes halogenated alkanes) is 3. The molecule has 0 spiro atoms. The highest BCUT2D eigenvalue weighted by Crippen LogP contribution is 2.31. The lowest BCUT2D eigenvalue weighted by Gasteiger charge is -2.08. The molecule has 1 aromatic carbocycles. The van der Waals surface area contributed by atoms with Gasteiger partial charge in [-0.15, -0.1) is 0 Å². The molecule has 0 fully saturated rings. The third-order valence-electron chi connectivity index (χ3n) is 3.19. The summed E-state index contributed by atoms with van der Waals surface area (Å²) in [5, 5.41) is 0. The van der Waals surface area contributed by atoms with Crippen molar-refractivity contribution in [2.45, 2.75) is 45.4 Å². The number of rotatable bonds is 10. The number of esters is 2. The number of ether oxygens (including phenoxy) is 2. The van der Waals surface area contributed by atoms with Gasteiger partial charge in [0.05, 0.1) is 18.8 Å². The monoisotopic (exact) mass is 526 g/mol. The zero-order valence-corrected chi connectivity index (χ0v) is 18.3. The highest BCUT2D eigenvalue weighted by atomic mass is 79.9. The number of halogens is 3. The zero-order valence-electron chi connectivity index (χ0n) is 13.6. The van der Waals surface area contributed by atoms with Gasteiger partial charge in [-0.3, -0.25) is 4.79 Å². The van der Waals surface area contributed by atoms with E-state index in [0.717, 1.165) is 41.0 Å². The van der Waals surface area contributed by atoms with Crippen molar-refractivity contribution in [2.24, 2.45) is 0 Å². The van der Waals surface area contributed by atoms with E-state index in [1.54, 1.807) is 6.07 Å². The molecule has 0 bridgehead atoms. The molecule has 0 atom stereocenters. The van der Waals surface area contributed by atoms with Gasteiger partial charge in [0.25, 0.3) is 0 Å². The van der Waals surface area contributed by atoms with Crippen molar-refractivity contribution >= 4 is 59.7 Å². The van der Waals surface area contributed by atoms with Crippen LogP contribution in [0, 0.1) is 0 Å². The van der Waals surface area contributed by atoms with Crippen LogP contribution in [0.2, 0.25) is 0 Å². The molecule has 24 heavy (non-hydrogen) atoms. The van der Waals surface area contributed by atoms with E-state index in [1.807, 2.05) is 13.0 Å². The first-order chi connectivity index (χ1) is 11.5. The maximum absolute atomic E-state index is 12.1. The largest absolute Gasteiger partial charge is 0.466 e. The van der Waals surface area contributed by atoms with Crippen LogP contribution in [0.5, 0.6) is 0 Å². The molecular weight excluding hydrogens is 508 g/mol. The van der Waals surface area contributed by atoms with Crippen LogP contribution >= 0.6 is 47.8 Å². The number of carbonyl (C=O) groups excluding carboxylic acids is 2. The van der Waals surface area contributed by atoms with Crippen LogP contribution in [-0.2, 0) is 14.3 Å². The van der Waals surface area contributed by atoms with Crippen LogP contribution in [-0.4, -0.2) is 25.2 Å². The van der Waals surface area contributed by atoms with Crippen molar-refractivity contribution in [3.63, 3.8) is 0 Å². The van der Waals surface area contributed by atoms with Gasteiger partial charge >= 0.3 is 11.9 Å². The molecule has 0 aliphatic heterocycles. The first kappa shape index (κ1) is 21.6. The summed E-state index contributed by atoms with van der Waals surface area (Å²) in [4.78, 5) is 23.4.